The molecule has 3 heterocycles. The Labute approximate surface area is 185 Å². The summed E-state index contributed by atoms with van der Waals surface area (Å²) >= 11 is 6.54. The number of anilines is 2. The summed E-state index contributed by atoms with van der Waals surface area (Å²) in [6, 6.07) is 8.20. The molecule has 1 aliphatic heterocycles. The Morgan fingerprint density at radius 3 is 2.65 bits per heavy atom. The van der Waals surface area contributed by atoms with Crippen LogP contribution in [0.5, 0.6) is 0 Å². The topological polar surface area (TPSA) is 94.8 Å². The second-order valence-corrected chi connectivity index (χ2v) is 8.63. The summed E-state index contributed by atoms with van der Waals surface area (Å²) < 4.78 is 0. The molecule has 8 heteroatoms. The molecule has 0 radical (unpaired) electrons. The van der Waals surface area contributed by atoms with Crippen LogP contribution in [0.15, 0.2) is 43.1 Å². The van der Waals surface area contributed by atoms with Crippen LogP contribution in [0.1, 0.15) is 30.7 Å². The molecule has 2 atom stereocenters. The van der Waals surface area contributed by atoms with Crippen LogP contribution < -0.4 is 10.2 Å². The lowest BCUT2D eigenvalue weighted by molar-refractivity contribution is -0.117. The van der Waals surface area contributed by atoms with Crippen LogP contribution in [0.3, 0.4) is 0 Å². The highest BCUT2D eigenvalue weighted by atomic mass is 35.5. The molecular formula is C23H21ClN6O. The molecule has 156 valence electrons. The van der Waals surface area contributed by atoms with E-state index in [9.17, 15) is 4.79 Å². The fourth-order valence-electron chi connectivity index (χ4n) is 4.29. The van der Waals surface area contributed by atoms with Gasteiger partial charge in [0.25, 0.3) is 0 Å². The molecule has 2 aromatic heterocycles. The highest BCUT2D eigenvalue weighted by Crippen LogP contribution is 2.47. The monoisotopic (exact) mass is 432 g/mol. The van der Waals surface area contributed by atoms with Gasteiger partial charge in [-0.05, 0) is 54.3 Å². The summed E-state index contributed by atoms with van der Waals surface area (Å²) in [6.45, 7) is 1.62. The Balaban J connectivity index is 1.32. The normalized spacial score (nSPS) is 21.0. The smallest absolute Gasteiger partial charge is 0.229 e. The van der Waals surface area contributed by atoms with E-state index in [1.807, 2.05) is 18.2 Å². The average Bonchev–Trinajstić information content (AvgIpc) is 3.61. The van der Waals surface area contributed by atoms with Gasteiger partial charge in [0.2, 0.25) is 5.91 Å². The van der Waals surface area contributed by atoms with Gasteiger partial charge in [-0.2, -0.15) is 5.26 Å². The van der Waals surface area contributed by atoms with Crippen molar-refractivity contribution in [1.29, 1.82) is 5.26 Å². The lowest BCUT2D eigenvalue weighted by atomic mass is 9.98. The van der Waals surface area contributed by atoms with Crippen molar-refractivity contribution >= 4 is 39.8 Å². The van der Waals surface area contributed by atoms with E-state index >= 15 is 0 Å². The zero-order valence-corrected chi connectivity index (χ0v) is 17.6. The predicted octanol–water partition coefficient (Wildman–Crippen LogP) is 4.16. The highest BCUT2D eigenvalue weighted by Gasteiger charge is 2.44. The minimum Gasteiger partial charge on any atom is -0.370 e. The second kappa shape index (κ2) is 8.12. The number of carbonyl (C=O) groups is 1. The van der Waals surface area contributed by atoms with E-state index in [0.717, 1.165) is 54.4 Å². The molecule has 3 aromatic rings. The second-order valence-electron chi connectivity index (χ2n) is 8.22. The number of pyridine rings is 1. The maximum atomic E-state index is 12.7. The van der Waals surface area contributed by atoms with Crippen LogP contribution >= 0.6 is 11.6 Å². The molecule has 1 saturated heterocycles. The molecule has 2 unspecified atom stereocenters. The Bertz CT molecular complexity index is 1170. The number of amides is 1. The molecule has 31 heavy (non-hydrogen) atoms. The average molecular weight is 433 g/mol. The molecule has 0 spiro atoms. The lowest BCUT2D eigenvalue weighted by Gasteiger charge is -2.32. The van der Waals surface area contributed by atoms with Gasteiger partial charge in [-0.15, -0.1) is 0 Å². The van der Waals surface area contributed by atoms with Crippen LogP contribution in [0.2, 0.25) is 5.02 Å². The van der Waals surface area contributed by atoms with Gasteiger partial charge in [-0.25, -0.2) is 15.0 Å². The number of benzene rings is 1. The third-order valence-corrected chi connectivity index (χ3v) is 6.50. The van der Waals surface area contributed by atoms with E-state index in [-0.39, 0.29) is 23.7 Å². The number of piperidine rings is 1. The molecule has 1 amide bonds. The van der Waals surface area contributed by atoms with Crippen molar-refractivity contribution in [3.63, 3.8) is 0 Å². The zero-order chi connectivity index (χ0) is 21.4. The number of carbonyl (C=O) groups excluding carboxylic acids is 1. The first-order valence-corrected chi connectivity index (χ1v) is 10.8. The number of aromatic nitrogens is 3. The minimum atomic E-state index is -0.0781. The number of hydrogen-bond donors (Lipinski definition) is 1. The number of nitriles is 1. The van der Waals surface area contributed by atoms with Crippen LogP contribution in [-0.2, 0) is 4.79 Å². The number of nitrogens with zero attached hydrogens (tertiary/aromatic N) is 5. The van der Waals surface area contributed by atoms with Crippen LogP contribution in [-0.4, -0.2) is 33.9 Å². The first-order chi connectivity index (χ1) is 15.1. The number of rotatable bonds is 4. The molecule has 1 aromatic carbocycles. The van der Waals surface area contributed by atoms with Gasteiger partial charge in [0, 0.05) is 48.9 Å². The van der Waals surface area contributed by atoms with Crippen LogP contribution in [0.25, 0.3) is 10.8 Å². The maximum absolute atomic E-state index is 12.7. The lowest BCUT2D eigenvalue weighted by Crippen LogP contribution is -2.33. The van der Waals surface area contributed by atoms with Gasteiger partial charge >= 0.3 is 0 Å². The van der Waals surface area contributed by atoms with E-state index in [1.54, 1.807) is 18.6 Å². The molecule has 2 fully saturated rings. The molecule has 1 N–H and O–H groups in total. The Kier molecular flexibility index (Phi) is 5.16. The summed E-state index contributed by atoms with van der Waals surface area (Å²) in [5.41, 5.74) is 1.95. The van der Waals surface area contributed by atoms with Gasteiger partial charge < -0.3 is 10.2 Å². The number of hydrogen-bond acceptors (Lipinski definition) is 6. The Morgan fingerprint density at radius 2 is 1.90 bits per heavy atom. The quantitative estimate of drug-likeness (QED) is 0.665. The van der Waals surface area contributed by atoms with Gasteiger partial charge in [-0.3, -0.25) is 4.79 Å². The van der Waals surface area contributed by atoms with Crippen molar-refractivity contribution in [2.45, 2.75) is 25.2 Å². The first kappa shape index (κ1) is 19.7. The summed E-state index contributed by atoms with van der Waals surface area (Å²) in [5.74, 6) is 0.710. The highest BCUT2D eigenvalue weighted by molar-refractivity contribution is 6.34. The van der Waals surface area contributed by atoms with E-state index < -0.39 is 0 Å². The predicted molar refractivity (Wildman–Crippen MR) is 119 cm³/mol. The van der Waals surface area contributed by atoms with Gasteiger partial charge in [-0.1, -0.05) is 11.6 Å². The number of nitrogens with one attached hydrogen (secondary N) is 1. The van der Waals surface area contributed by atoms with E-state index in [4.69, 9.17) is 16.9 Å². The maximum Gasteiger partial charge on any atom is 0.229 e. The van der Waals surface area contributed by atoms with Crippen molar-refractivity contribution in [1.82, 2.24) is 15.0 Å². The van der Waals surface area contributed by atoms with E-state index in [0.29, 0.717) is 10.8 Å². The minimum absolute atomic E-state index is 0.0338. The van der Waals surface area contributed by atoms with E-state index in [2.05, 4.69) is 31.2 Å². The first-order valence-electron chi connectivity index (χ1n) is 10.4. The van der Waals surface area contributed by atoms with Crippen LogP contribution in [0, 0.1) is 23.2 Å². The summed E-state index contributed by atoms with van der Waals surface area (Å²) in [6.07, 6.45) is 9.25. The largest absolute Gasteiger partial charge is 0.370 e. The van der Waals surface area contributed by atoms with E-state index in [1.165, 1.54) is 6.33 Å². The van der Waals surface area contributed by atoms with Crippen molar-refractivity contribution < 1.29 is 4.79 Å². The summed E-state index contributed by atoms with van der Waals surface area (Å²) in [4.78, 5) is 27.4. The van der Waals surface area contributed by atoms with Crippen molar-refractivity contribution in [3.05, 3.63) is 53.7 Å². The van der Waals surface area contributed by atoms with Gasteiger partial charge in [0.1, 0.15) is 12.1 Å². The molecular weight excluding hydrogens is 412 g/mol. The standard InChI is InChI=1S/C23H21ClN6O/c24-20-5-16-12-28-22(29-23(31)19-8-18(19)17-10-26-13-27-11-17)7-15(16)6-21(20)30-3-1-14(9-25)2-4-30/h5-7,10-14,18-19H,1-4,8H2,(H,28,29,31). The molecule has 5 rings (SSSR count). The SMILES string of the molecule is N#CC1CCN(c2cc3cc(NC(=O)C4CC4c4cncnc4)ncc3cc2Cl)CC1. The van der Waals surface area contributed by atoms with Crippen LogP contribution in [0.4, 0.5) is 11.5 Å². The van der Waals surface area contributed by atoms with Crippen molar-refractivity contribution in [3.8, 4) is 6.07 Å². The Morgan fingerprint density at radius 1 is 1.13 bits per heavy atom. The molecule has 1 saturated carbocycles. The van der Waals surface area contributed by atoms with Gasteiger partial charge in [0.05, 0.1) is 16.8 Å². The molecule has 0 bridgehead atoms. The fourth-order valence-corrected chi connectivity index (χ4v) is 4.58. The summed E-state index contributed by atoms with van der Waals surface area (Å²) in [5, 5.41) is 14.6. The molecule has 7 nitrogen and oxygen atoms in total. The number of halogens is 1. The van der Waals surface area contributed by atoms with Crippen molar-refractivity contribution in [2.75, 3.05) is 23.3 Å². The number of fused-ring (bicyclic) bond motifs is 1. The third kappa shape index (κ3) is 4.04. The zero-order valence-electron chi connectivity index (χ0n) is 16.8. The fraction of sp³-hybridized carbons (Fsp3) is 0.348. The third-order valence-electron chi connectivity index (χ3n) is 6.19. The summed E-state index contributed by atoms with van der Waals surface area (Å²) in [7, 11) is 0. The Hall–Kier alpha value is -3.24. The van der Waals surface area contributed by atoms with Gasteiger partial charge in [0.15, 0.2) is 0 Å². The molecule has 2 aliphatic rings. The van der Waals surface area contributed by atoms with Crippen molar-refractivity contribution in [2.24, 2.45) is 11.8 Å². The molecule has 1 aliphatic carbocycles.